The van der Waals surface area contributed by atoms with Crippen LogP contribution in [0.15, 0.2) is 11.6 Å². The van der Waals surface area contributed by atoms with Crippen LogP contribution in [0.25, 0.3) is 0 Å². The fourth-order valence-electron chi connectivity index (χ4n) is 6.16. The van der Waals surface area contributed by atoms with E-state index in [1.165, 1.54) is 10.5 Å². The summed E-state index contributed by atoms with van der Waals surface area (Å²) in [5.74, 6) is 0.0561. The molecule has 2 aliphatic carbocycles. The highest BCUT2D eigenvalue weighted by Gasteiger charge is 2.60. The molecule has 0 spiro atoms. The van der Waals surface area contributed by atoms with Crippen LogP contribution in [0.3, 0.4) is 0 Å². The van der Waals surface area contributed by atoms with Gasteiger partial charge in [0, 0.05) is 17.8 Å². The second-order valence-electron chi connectivity index (χ2n) is 9.42. The van der Waals surface area contributed by atoms with E-state index in [4.69, 9.17) is 9.47 Å². The van der Waals surface area contributed by atoms with Gasteiger partial charge in [-0.15, -0.1) is 0 Å². The molecule has 0 aromatic rings. The lowest BCUT2D eigenvalue weighted by Gasteiger charge is -2.51. The maximum Gasteiger partial charge on any atom is 0.315 e. The van der Waals surface area contributed by atoms with E-state index in [-0.39, 0.29) is 41.5 Å². The number of hydrogen-bond donors (Lipinski definition) is 2. The minimum Gasteiger partial charge on any atom is -0.461 e. The molecule has 3 fully saturated rings. The van der Waals surface area contributed by atoms with Crippen LogP contribution in [0.1, 0.15) is 47.0 Å². The molecule has 5 heteroatoms. The molecule has 0 radical (unpaired) electrons. The first kappa shape index (κ1) is 18.5. The first-order valence-corrected chi connectivity index (χ1v) is 10.4. The predicted molar refractivity (Wildman–Crippen MR) is 97.6 cm³/mol. The van der Waals surface area contributed by atoms with Gasteiger partial charge in [-0.1, -0.05) is 25.5 Å². The number of aliphatic hydroxyl groups is 1. The van der Waals surface area contributed by atoms with Crippen LogP contribution in [0.5, 0.6) is 0 Å². The summed E-state index contributed by atoms with van der Waals surface area (Å²) in [4.78, 5) is 14.1. The van der Waals surface area contributed by atoms with Gasteiger partial charge in [0.2, 0.25) is 0 Å². The van der Waals surface area contributed by atoms with E-state index in [0.29, 0.717) is 5.92 Å². The fraction of sp³-hybridized carbons (Fsp3) is 0.857. The quantitative estimate of drug-likeness (QED) is 0.566. The monoisotopic (exact) mass is 364 g/mol. The molecule has 4 rings (SSSR count). The van der Waals surface area contributed by atoms with Crippen LogP contribution in [0.2, 0.25) is 0 Å². The summed E-state index contributed by atoms with van der Waals surface area (Å²) in [6.45, 7) is 11.2. The molecular formula is C21H34NO4+. The first-order valence-electron chi connectivity index (χ1n) is 10.4. The Morgan fingerprint density at radius 3 is 2.65 bits per heavy atom. The number of hydrogen-bond acceptors (Lipinski definition) is 4. The Kier molecular flexibility index (Phi) is 4.69. The molecule has 2 saturated heterocycles. The third-order valence-electron chi connectivity index (χ3n) is 7.70. The smallest absolute Gasteiger partial charge is 0.315 e. The Balaban J connectivity index is 1.57. The minimum absolute atomic E-state index is 0.0776. The summed E-state index contributed by atoms with van der Waals surface area (Å²) in [6.07, 6.45) is 5.04. The van der Waals surface area contributed by atoms with Crippen LogP contribution in [0.4, 0.5) is 0 Å². The van der Waals surface area contributed by atoms with Crippen molar-refractivity contribution in [3.05, 3.63) is 11.6 Å². The van der Waals surface area contributed by atoms with Gasteiger partial charge in [-0.3, -0.25) is 4.79 Å². The van der Waals surface area contributed by atoms with Gasteiger partial charge in [-0.2, -0.15) is 0 Å². The number of nitrogens with one attached hydrogen (secondary N) is 1. The SMILES string of the molecule is C[C@@H]1C[NH+](C[C@@H]2C(=O)O[C@@H]3CC4=CCC[C@H](C)[C@@]4(C)[C@H](O)[C@H]23)C[C@H](C)O1. The zero-order valence-corrected chi connectivity index (χ0v) is 16.5. The Labute approximate surface area is 156 Å². The summed E-state index contributed by atoms with van der Waals surface area (Å²) in [5, 5.41) is 11.4. The van der Waals surface area contributed by atoms with E-state index in [2.05, 4.69) is 33.8 Å². The fourth-order valence-corrected chi connectivity index (χ4v) is 6.16. The van der Waals surface area contributed by atoms with Gasteiger partial charge < -0.3 is 19.5 Å². The average Bonchev–Trinajstić information content (AvgIpc) is 2.85. The number of ether oxygens (including phenoxy) is 2. The second kappa shape index (κ2) is 6.61. The number of carbonyl (C=O) groups is 1. The van der Waals surface area contributed by atoms with Gasteiger partial charge in [0.15, 0.2) is 0 Å². The van der Waals surface area contributed by atoms with Crippen LogP contribution in [-0.4, -0.2) is 55.1 Å². The third-order valence-corrected chi connectivity index (χ3v) is 7.70. The van der Waals surface area contributed by atoms with Crippen molar-refractivity contribution in [2.75, 3.05) is 19.6 Å². The maximum absolute atomic E-state index is 12.7. The first-order chi connectivity index (χ1) is 12.3. The molecule has 146 valence electrons. The molecule has 0 amide bonds. The van der Waals surface area contributed by atoms with E-state index in [1.807, 2.05) is 0 Å². The molecule has 0 bridgehead atoms. The van der Waals surface area contributed by atoms with Gasteiger partial charge in [-0.25, -0.2) is 0 Å². The van der Waals surface area contributed by atoms with Gasteiger partial charge >= 0.3 is 5.97 Å². The van der Waals surface area contributed by atoms with Gasteiger partial charge in [0.1, 0.15) is 37.3 Å². The Hall–Kier alpha value is -0.910. The van der Waals surface area contributed by atoms with E-state index < -0.39 is 6.10 Å². The lowest BCUT2D eigenvalue weighted by Crippen LogP contribution is -3.16. The van der Waals surface area contributed by atoms with Crippen molar-refractivity contribution in [1.29, 1.82) is 0 Å². The molecule has 1 unspecified atom stereocenters. The lowest BCUT2D eigenvalue weighted by molar-refractivity contribution is -0.917. The molecule has 5 nitrogen and oxygen atoms in total. The van der Waals surface area contributed by atoms with Crippen molar-refractivity contribution < 1.29 is 24.3 Å². The molecule has 1 saturated carbocycles. The Morgan fingerprint density at radius 2 is 1.96 bits per heavy atom. The molecule has 2 N–H and O–H groups in total. The zero-order chi connectivity index (χ0) is 18.6. The van der Waals surface area contributed by atoms with Crippen LogP contribution >= 0.6 is 0 Å². The summed E-state index contributed by atoms with van der Waals surface area (Å²) in [6, 6.07) is 0. The van der Waals surface area contributed by atoms with Crippen molar-refractivity contribution in [2.24, 2.45) is 23.2 Å². The molecular weight excluding hydrogens is 330 g/mol. The third kappa shape index (κ3) is 2.83. The summed E-state index contributed by atoms with van der Waals surface area (Å²) >= 11 is 0. The highest BCUT2D eigenvalue weighted by Crippen LogP contribution is 2.55. The van der Waals surface area contributed by atoms with Gasteiger partial charge in [-0.05, 0) is 32.6 Å². The number of allylic oxidation sites excluding steroid dienone is 1. The van der Waals surface area contributed by atoms with Crippen LogP contribution in [-0.2, 0) is 14.3 Å². The number of esters is 1. The van der Waals surface area contributed by atoms with E-state index in [9.17, 15) is 9.90 Å². The second-order valence-corrected chi connectivity index (χ2v) is 9.42. The van der Waals surface area contributed by atoms with E-state index >= 15 is 0 Å². The van der Waals surface area contributed by atoms with Crippen molar-refractivity contribution in [3.63, 3.8) is 0 Å². The number of fused-ring (bicyclic) bond motifs is 2. The van der Waals surface area contributed by atoms with Gasteiger partial charge in [0.05, 0.1) is 12.6 Å². The molecule has 2 heterocycles. The van der Waals surface area contributed by atoms with Crippen molar-refractivity contribution in [3.8, 4) is 0 Å². The summed E-state index contributed by atoms with van der Waals surface area (Å²) in [5.41, 5.74) is 1.09. The maximum atomic E-state index is 12.7. The molecule has 0 aromatic heterocycles. The molecule has 2 aliphatic heterocycles. The number of aliphatic hydroxyl groups excluding tert-OH is 1. The summed E-state index contributed by atoms with van der Waals surface area (Å²) < 4.78 is 11.6. The molecule has 26 heavy (non-hydrogen) atoms. The lowest BCUT2D eigenvalue weighted by atomic mass is 9.55. The average molecular weight is 365 g/mol. The van der Waals surface area contributed by atoms with E-state index in [1.54, 1.807) is 0 Å². The number of quaternary nitrogens is 1. The molecule has 0 aromatic carbocycles. The van der Waals surface area contributed by atoms with E-state index in [0.717, 1.165) is 38.9 Å². The highest BCUT2D eigenvalue weighted by molar-refractivity contribution is 5.76. The largest absolute Gasteiger partial charge is 0.461 e. The van der Waals surface area contributed by atoms with Crippen LogP contribution < -0.4 is 4.90 Å². The minimum atomic E-state index is -0.505. The Morgan fingerprint density at radius 1 is 1.27 bits per heavy atom. The predicted octanol–water partition coefficient (Wildman–Crippen LogP) is 0.964. The topological polar surface area (TPSA) is 60.2 Å². The number of rotatable bonds is 2. The van der Waals surface area contributed by atoms with Crippen LogP contribution in [0, 0.1) is 23.2 Å². The summed E-state index contributed by atoms with van der Waals surface area (Å²) in [7, 11) is 0. The van der Waals surface area contributed by atoms with Gasteiger partial charge in [0.25, 0.3) is 0 Å². The zero-order valence-electron chi connectivity index (χ0n) is 16.5. The Bertz CT molecular complexity index is 595. The van der Waals surface area contributed by atoms with Crippen molar-refractivity contribution >= 4 is 5.97 Å². The van der Waals surface area contributed by atoms with Crippen molar-refractivity contribution in [1.82, 2.24) is 0 Å². The standard InChI is InChI=1S/C21H33NO4/c1-12-6-5-7-15-8-17-18(19(23)21(12,15)4)16(20(24)26-17)11-22-9-13(2)25-14(3)10-22/h7,12-14,16-19,23H,5-6,8-11H2,1-4H3/p+1/t12-,13-,14+,16-,17+,18+,19+,21+/m0/s1. The molecule has 9 atom stereocenters. The number of morpholine rings is 1. The highest BCUT2D eigenvalue weighted by atomic mass is 16.6. The number of carbonyl (C=O) groups excluding carboxylic acids is 1. The van der Waals surface area contributed by atoms with Crippen molar-refractivity contribution in [2.45, 2.75) is 71.4 Å². The normalized spacial score (nSPS) is 51.3. The molecule has 4 aliphatic rings.